The van der Waals surface area contributed by atoms with E-state index in [2.05, 4.69) is 23.5 Å². The van der Waals surface area contributed by atoms with Crippen molar-refractivity contribution in [1.82, 2.24) is 5.32 Å². The molecule has 0 aromatic heterocycles. The SMILES string of the molecule is Cl.ClCCCOc1ccc2c(c1)[C@@]13CCCC[C@H]1[C@@H](C2)NCC3. The second-order valence-corrected chi connectivity index (χ2v) is 7.61. The highest BCUT2D eigenvalue weighted by molar-refractivity contribution is 6.17. The summed E-state index contributed by atoms with van der Waals surface area (Å²) in [4.78, 5) is 0. The van der Waals surface area contributed by atoms with Gasteiger partial charge in [-0.1, -0.05) is 18.9 Å². The molecular formula is C19H27Cl2NO. The summed E-state index contributed by atoms with van der Waals surface area (Å²) in [5.41, 5.74) is 3.59. The van der Waals surface area contributed by atoms with E-state index in [9.17, 15) is 0 Å². The first-order chi connectivity index (χ1) is 10.8. The number of hydrogen-bond donors (Lipinski definition) is 1. The summed E-state index contributed by atoms with van der Waals surface area (Å²) in [5.74, 6) is 2.55. The molecule has 1 aromatic rings. The van der Waals surface area contributed by atoms with Crippen LogP contribution in [0.1, 0.15) is 49.7 Å². The first kappa shape index (κ1) is 17.4. The number of halogens is 2. The Morgan fingerprint density at radius 2 is 2.17 bits per heavy atom. The van der Waals surface area contributed by atoms with E-state index in [-0.39, 0.29) is 12.4 Å². The van der Waals surface area contributed by atoms with Crippen molar-refractivity contribution >= 4 is 24.0 Å². The lowest BCUT2D eigenvalue weighted by Crippen LogP contribution is -2.59. The number of fused-ring (bicyclic) bond motifs is 1. The Labute approximate surface area is 150 Å². The van der Waals surface area contributed by atoms with E-state index in [1.54, 1.807) is 11.1 Å². The van der Waals surface area contributed by atoms with Gasteiger partial charge in [0.05, 0.1) is 6.61 Å². The van der Waals surface area contributed by atoms with Gasteiger partial charge in [0.1, 0.15) is 5.75 Å². The Hall–Kier alpha value is -0.440. The van der Waals surface area contributed by atoms with Crippen LogP contribution >= 0.6 is 24.0 Å². The van der Waals surface area contributed by atoms with E-state index in [4.69, 9.17) is 16.3 Å². The highest BCUT2D eigenvalue weighted by atomic mass is 35.5. The van der Waals surface area contributed by atoms with E-state index >= 15 is 0 Å². The van der Waals surface area contributed by atoms with E-state index in [1.807, 2.05) is 0 Å². The summed E-state index contributed by atoms with van der Waals surface area (Å²) in [6, 6.07) is 7.54. The van der Waals surface area contributed by atoms with Crippen LogP contribution in [0.2, 0.25) is 0 Å². The minimum Gasteiger partial charge on any atom is -0.494 e. The maximum absolute atomic E-state index is 5.93. The van der Waals surface area contributed by atoms with Crippen molar-refractivity contribution in [1.29, 1.82) is 0 Å². The number of piperidine rings is 1. The van der Waals surface area contributed by atoms with Crippen LogP contribution in [0.5, 0.6) is 5.75 Å². The summed E-state index contributed by atoms with van der Waals surface area (Å²) in [6.45, 7) is 1.90. The van der Waals surface area contributed by atoms with E-state index < -0.39 is 0 Å². The van der Waals surface area contributed by atoms with Crippen molar-refractivity contribution in [3.8, 4) is 5.75 Å². The monoisotopic (exact) mass is 355 g/mol. The normalized spacial score (nSPS) is 31.5. The van der Waals surface area contributed by atoms with Crippen LogP contribution < -0.4 is 10.1 Å². The molecule has 2 nitrogen and oxygen atoms in total. The maximum atomic E-state index is 5.93. The lowest BCUT2D eigenvalue weighted by atomic mass is 9.53. The van der Waals surface area contributed by atoms with E-state index in [1.165, 1.54) is 45.1 Å². The van der Waals surface area contributed by atoms with Crippen LogP contribution in [0.25, 0.3) is 0 Å². The lowest BCUT2D eigenvalue weighted by Gasteiger charge is -2.56. The van der Waals surface area contributed by atoms with Crippen molar-refractivity contribution in [3.63, 3.8) is 0 Å². The van der Waals surface area contributed by atoms with Crippen LogP contribution in [0.3, 0.4) is 0 Å². The molecule has 1 saturated carbocycles. The third-order valence-corrected chi connectivity index (χ3v) is 6.43. The van der Waals surface area contributed by atoms with Gasteiger partial charge in [0.2, 0.25) is 0 Å². The van der Waals surface area contributed by atoms with Gasteiger partial charge >= 0.3 is 0 Å². The van der Waals surface area contributed by atoms with Crippen LogP contribution in [0.4, 0.5) is 0 Å². The van der Waals surface area contributed by atoms with Gasteiger partial charge in [-0.2, -0.15) is 0 Å². The number of nitrogens with one attached hydrogen (secondary N) is 1. The van der Waals surface area contributed by atoms with Crippen molar-refractivity contribution in [2.24, 2.45) is 5.92 Å². The van der Waals surface area contributed by atoms with E-state index in [0.717, 1.165) is 24.7 Å². The molecule has 4 heteroatoms. The molecule has 0 amide bonds. The fraction of sp³-hybridized carbons (Fsp3) is 0.684. The molecule has 2 aliphatic carbocycles. The van der Waals surface area contributed by atoms with Crippen LogP contribution in [-0.2, 0) is 11.8 Å². The van der Waals surface area contributed by atoms with Crippen LogP contribution in [0, 0.1) is 5.92 Å². The predicted octanol–water partition coefficient (Wildman–Crippen LogP) is 4.46. The molecule has 3 aliphatic rings. The van der Waals surface area contributed by atoms with Gasteiger partial charge in [-0.05, 0) is 67.8 Å². The lowest BCUT2D eigenvalue weighted by molar-refractivity contribution is 0.0794. The van der Waals surface area contributed by atoms with Crippen molar-refractivity contribution in [2.45, 2.75) is 56.4 Å². The third kappa shape index (κ3) is 2.99. The average Bonchev–Trinajstić information content (AvgIpc) is 2.55. The summed E-state index contributed by atoms with van der Waals surface area (Å²) in [7, 11) is 0. The molecule has 2 bridgehead atoms. The Morgan fingerprint density at radius 1 is 1.26 bits per heavy atom. The second-order valence-electron chi connectivity index (χ2n) is 7.23. The molecule has 1 N–H and O–H groups in total. The minimum absolute atomic E-state index is 0. The molecular weight excluding hydrogens is 329 g/mol. The van der Waals surface area contributed by atoms with Gasteiger partial charge in [0.15, 0.2) is 0 Å². The number of benzene rings is 1. The van der Waals surface area contributed by atoms with Crippen molar-refractivity contribution < 1.29 is 4.74 Å². The second kappa shape index (κ2) is 7.21. The van der Waals surface area contributed by atoms with Gasteiger partial charge in [-0.15, -0.1) is 24.0 Å². The molecule has 128 valence electrons. The number of alkyl halides is 1. The molecule has 0 unspecified atom stereocenters. The summed E-state index contributed by atoms with van der Waals surface area (Å²) in [6.07, 6.45) is 8.97. The largest absolute Gasteiger partial charge is 0.494 e. The smallest absolute Gasteiger partial charge is 0.119 e. The third-order valence-electron chi connectivity index (χ3n) is 6.17. The zero-order valence-corrected chi connectivity index (χ0v) is 15.2. The maximum Gasteiger partial charge on any atom is 0.119 e. The number of ether oxygens (including phenoxy) is 1. The molecule has 23 heavy (non-hydrogen) atoms. The zero-order valence-electron chi connectivity index (χ0n) is 13.7. The summed E-state index contributed by atoms with van der Waals surface area (Å²) >= 11 is 5.76. The molecule has 4 rings (SSSR count). The number of hydrogen-bond acceptors (Lipinski definition) is 2. The first-order valence-electron chi connectivity index (χ1n) is 8.89. The number of rotatable bonds is 4. The van der Waals surface area contributed by atoms with E-state index in [0.29, 0.717) is 17.3 Å². The van der Waals surface area contributed by atoms with Crippen molar-refractivity contribution in [2.75, 3.05) is 19.0 Å². The predicted molar refractivity (Wildman–Crippen MR) is 98.3 cm³/mol. The zero-order chi connectivity index (χ0) is 15.0. The fourth-order valence-corrected chi connectivity index (χ4v) is 5.35. The van der Waals surface area contributed by atoms with Gasteiger partial charge < -0.3 is 10.1 Å². The fourth-order valence-electron chi connectivity index (χ4n) is 5.24. The highest BCUT2D eigenvalue weighted by Crippen LogP contribution is 2.54. The highest BCUT2D eigenvalue weighted by Gasteiger charge is 2.51. The molecule has 3 atom stereocenters. The molecule has 1 aromatic carbocycles. The Morgan fingerprint density at radius 3 is 3.04 bits per heavy atom. The Kier molecular flexibility index (Phi) is 5.45. The Bertz CT molecular complexity index is 546. The van der Waals surface area contributed by atoms with Crippen LogP contribution in [-0.4, -0.2) is 25.1 Å². The van der Waals surface area contributed by atoms with Gasteiger partial charge in [0, 0.05) is 17.3 Å². The average molecular weight is 356 g/mol. The molecule has 0 radical (unpaired) electrons. The quantitative estimate of drug-likeness (QED) is 0.635. The molecule has 2 fully saturated rings. The van der Waals surface area contributed by atoms with Gasteiger partial charge in [-0.3, -0.25) is 0 Å². The Balaban J connectivity index is 0.00000156. The topological polar surface area (TPSA) is 21.3 Å². The van der Waals surface area contributed by atoms with Gasteiger partial charge in [-0.25, -0.2) is 0 Å². The molecule has 0 spiro atoms. The summed E-state index contributed by atoms with van der Waals surface area (Å²) in [5, 5.41) is 3.80. The minimum atomic E-state index is 0. The molecule has 1 aliphatic heterocycles. The van der Waals surface area contributed by atoms with Crippen LogP contribution in [0.15, 0.2) is 18.2 Å². The first-order valence-corrected chi connectivity index (χ1v) is 9.42. The van der Waals surface area contributed by atoms with Crippen molar-refractivity contribution in [3.05, 3.63) is 29.3 Å². The molecule has 1 heterocycles. The molecule has 1 saturated heterocycles. The van der Waals surface area contributed by atoms with Gasteiger partial charge in [0.25, 0.3) is 0 Å². The summed E-state index contributed by atoms with van der Waals surface area (Å²) < 4.78 is 5.93. The standard InChI is InChI=1S/C19H26ClNO.ClH/c20-9-3-11-22-15-6-5-14-12-18-16-4-1-2-7-19(16,8-10-21-18)17(14)13-15;/h5-6,13,16,18,21H,1-4,7-12H2;1H/t16-,18+,19+;/m0./s1.